The van der Waals surface area contributed by atoms with E-state index in [0.717, 1.165) is 5.82 Å². The van der Waals surface area contributed by atoms with Crippen LogP contribution in [0.1, 0.15) is 121 Å². The molecule has 0 saturated heterocycles. The van der Waals surface area contributed by atoms with Crippen LogP contribution in [0.3, 0.4) is 0 Å². The van der Waals surface area contributed by atoms with Crippen LogP contribution in [0.2, 0.25) is 5.28 Å². The van der Waals surface area contributed by atoms with Crippen molar-refractivity contribution in [1.29, 1.82) is 0 Å². The van der Waals surface area contributed by atoms with Gasteiger partial charge in [0.05, 0.1) is 0 Å². The number of aromatic nitrogens is 3. The van der Waals surface area contributed by atoms with E-state index in [4.69, 9.17) is 16.6 Å². The predicted molar refractivity (Wildman–Crippen MR) is 113 cm³/mol. The Bertz CT molecular complexity index is 531. The molecule has 0 radical (unpaired) electrons. The summed E-state index contributed by atoms with van der Waals surface area (Å²) in [4.78, 5) is 13.7. The molecule has 5 heteroatoms. The van der Waals surface area contributed by atoms with E-state index in [0.29, 0.717) is 23.2 Å². The first-order valence-corrected chi connectivity index (χ1v) is 11.9. The van der Waals surface area contributed by atoms with Gasteiger partial charge in [-0.15, -0.1) is 0 Å². The molecule has 2 saturated carbocycles. The van der Waals surface area contributed by atoms with E-state index >= 15 is 0 Å². The lowest BCUT2D eigenvalue weighted by Gasteiger charge is -2.21. The van der Waals surface area contributed by atoms with Gasteiger partial charge in [-0.05, 0) is 37.3 Å². The molecule has 4 nitrogen and oxygen atoms in total. The molecular formula is C22H37ClN4. The molecule has 0 aromatic carbocycles. The van der Waals surface area contributed by atoms with Crippen molar-refractivity contribution < 1.29 is 0 Å². The van der Waals surface area contributed by atoms with Gasteiger partial charge in [0, 0.05) is 12.0 Å². The molecule has 3 rings (SSSR count). The summed E-state index contributed by atoms with van der Waals surface area (Å²) < 4.78 is 0. The molecule has 1 heterocycles. The molecule has 152 valence electrons. The standard InChI is InChI=1S/C22H37ClN4/c23-21-25-20(18-14-10-6-5-7-11-15-18)26-22(27-21)24-19-16-12-8-3-1-2-4-9-13-17-19/h18-19H,1-17H2,(H,24,25,26,27). The van der Waals surface area contributed by atoms with E-state index in [1.165, 1.54) is 109 Å². The van der Waals surface area contributed by atoms with Gasteiger partial charge >= 0.3 is 0 Å². The van der Waals surface area contributed by atoms with Gasteiger partial charge in [0.25, 0.3) is 0 Å². The maximum absolute atomic E-state index is 6.29. The second-order valence-corrected chi connectivity index (χ2v) is 8.91. The quantitative estimate of drug-likeness (QED) is 0.598. The Labute approximate surface area is 170 Å². The number of hydrogen-bond acceptors (Lipinski definition) is 4. The fourth-order valence-electron chi connectivity index (χ4n) is 4.64. The van der Waals surface area contributed by atoms with E-state index in [1.807, 2.05) is 0 Å². The average Bonchev–Trinajstić information content (AvgIpc) is 2.67. The number of rotatable bonds is 3. The van der Waals surface area contributed by atoms with Crippen molar-refractivity contribution >= 4 is 17.5 Å². The molecule has 0 spiro atoms. The molecule has 2 fully saturated rings. The van der Waals surface area contributed by atoms with Crippen molar-refractivity contribution in [2.45, 2.75) is 121 Å². The van der Waals surface area contributed by atoms with E-state index in [-0.39, 0.29) is 0 Å². The number of nitrogens with zero attached hydrogens (tertiary/aromatic N) is 3. The Hall–Kier alpha value is -0.900. The van der Waals surface area contributed by atoms with E-state index in [9.17, 15) is 0 Å². The summed E-state index contributed by atoms with van der Waals surface area (Å²) in [6.07, 6.45) is 22.3. The van der Waals surface area contributed by atoms with Gasteiger partial charge in [0.2, 0.25) is 11.2 Å². The lowest BCUT2D eigenvalue weighted by molar-refractivity contribution is 0.441. The fourth-order valence-corrected chi connectivity index (χ4v) is 4.81. The van der Waals surface area contributed by atoms with Gasteiger partial charge in [0.1, 0.15) is 5.82 Å². The SMILES string of the molecule is Clc1nc(NC2CCCCCCCCCC2)nc(C2CCCCCCC2)n1. The Morgan fingerprint density at radius 2 is 1.07 bits per heavy atom. The van der Waals surface area contributed by atoms with Crippen molar-refractivity contribution in [2.24, 2.45) is 0 Å². The normalized spacial score (nSPS) is 22.4. The van der Waals surface area contributed by atoms with Crippen LogP contribution in [0.25, 0.3) is 0 Å². The summed E-state index contributed by atoms with van der Waals surface area (Å²) in [7, 11) is 0. The molecule has 2 aliphatic rings. The maximum Gasteiger partial charge on any atom is 0.227 e. The van der Waals surface area contributed by atoms with E-state index < -0.39 is 0 Å². The topological polar surface area (TPSA) is 50.7 Å². The van der Waals surface area contributed by atoms with Crippen LogP contribution in [-0.4, -0.2) is 21.0 Å². The molecule has 1 N–H and O–H groups in total. The molecular weight excluding hydrogens is 356 g/mol. The zero-order chi connectivity index (χ0) is 18.7. The van der Waals surface area contributed by atoms with Crippen LogP contribution < -0.4 is 5.32 Å². The summed E-state index contributed by atoms with van der Waals surface area (Å²) in [5.41, 5.74) is 0. The van der Waals surface area contributed by atoms with Crippen molar-refractivity contribution in [3.05, 3.63) is 11.1 Å². The van der Waals surface area contributed by atoms with Crippen molar-refractivity contribution in [1.82, 2.24) is 15.0 Å². The fraction of sp³-hybridized carbons (Fsp3) is 0.864. The molecule has 0 aliphatic heterocycles. The van der Waals surface area contributed by atoms with Crippen LogP contribution in [0.5, 0.6) is 0 Å². The number of nitrogens with one attached hydrogen (secondary N) is 1. The summed E-state index contributed by atoms with van der Waals surface area (Å²) in [6.45, 7) is 0. The zero-order valence-corrected chi connectivity index (χ0v) is 17.7. The van der Waals surface area contributed by atoms with Gasteiger partial charge < -0.3 is 5.32 Å². The van der Waals surface area contributed by atoms with Gasteiger partial charge in [-0.2, -0.15) is 9.97 Å². The highest BCUT2D eigenvalue weighted by atomic mass is 35.5. The first-order valence-electron chi connectivity index (χ1n) is 11.5. The van der Waals surface area contributed by atoms with Crippen molar-refractivity contribution in [2.75, 3.05) is 5.32 Å². The van der Waals surface area contributed by atoms with Gasteiger partial charge in [0.15, 0.2) is 0 Å². The minimum Gasteiger partial charge on any atom is -0.351 e. The summed E-state index contributed by atoms with van der Waals surface area (Å²) in [5.74, 6) is 2.06. The van der Waals surface area contributed by atoms with Gasteiger partial charge in [-0.1, -0.05) is 83.5 Å². The van der Waals surface area contributed by atoms with Crippen LogP contribution in [-0.2, 0) is 0 Å². The molecule has 1 aromatic heterocycles. The molecule has 1 aromatic rings. The van der Waals surface area contributed by atoms with Crippen LogP contribution >= 0.6 is 11.6 Å². The van der Waals surface area contributed by atoms with Crippen LogP contribution in [0, 0.1) is 0 Å². The number of anilines is 1. The predicted octanol–water partition coefficient (Wildman–Crippen LogP) is 7.05. The molecule has 27 heavy (non-hydrogen) atoms. The average molecular weight is 393 g/mol. The first-order chi connectivity index (χ1) is 13.3. The lowest BCUT2D eigenvalue weighted by Crippen LogP contribution is -2.22. The monoisotopic (exact) mass is 392 g/mol. The second-order valence-electron chi connectivity index (χ2n) is 8.58. The highest BCUT2D eigenvalue weighted by Gasteiger charge is 2.19. The summed E-state index contributed by atoms with van der Waals surface area (Å²) in [5, 5.41) is 3.97. The first kappa shape index (κ1) is 20.8. The third-order valence-electron chi connectivity index (χ3n) is 6.28. The third kappa shape index (κ3) is 7.56. The van der Waals surface area contributed by atoms with Gasteiger partial charge in [-0.25, -0.2) is 4.98 Å². The number of hydrogen-bond donors (Lipinski definition) is 1. The largest absolute Gasteiger partial charge is 0.351 e. The lowest BCUT2D eigenvalue weighted by atomic mass is 9.90. The molecule has 0 bridgehead atoms. The number of halogens is 1. The van der Waals surface area contributed by atoms with E-state index in [2.05, 4.69) is 15.3 Å². The van der Waals surface area contributed by atoms with E-state index in [1.54, 1.807) is 0 Å². The van der Waals surface area contributed by atoms with Crippen LogP contribution in [0.4, 0.5) is 5.95 Å². The molecule has 2 aliphatic carbocycles. The Morgan fingerprint density at radius 3 is 1.63 bits per heavy atom. The Balaban J connectivity index is 1.64. The highest BCUT2D eigenvalue weighted by molar-refractivity contribution is 6.28. The summed E-state index contributed by atoms with van der Waals surface area (Å²) in [6, 6.07) is 0.465. The van der Waals surface area contributed by atoms with Crippen molar-refractivity contribution in [3.63, 3.8) is 0 Å². The third-order valence-corrected chi connectivity index (χ3v) is 6.45. The maximum atomic E-state index is 6.29. The smallest absolute Gasteiger partial charge is 0.227 e. The minimum absolute atomic E-state index is 0.348. The summed E-state index contributed by atoms with van der Waals surface area (Å²) >= 11 is 6.29. The second kappa shape index (κ2) is 11.8. The van der Waals surface area contributed by atoms with Crippen molar-refractivity contribution in [3.8, 4) is 0 Å². The molecule has 0 atom stereocenters. The molecule has 0 amide bonds. The zero-order valence-electron chi connectivity index (χ0n) is 16.9. The van der Waals surface area contributed by atoms with Gasteiger partial charge in [-0.3, -0.25) is 0 Å². The van der Waals surface area contributed by atoms with Crippen LogP contribution in [0.15, 0.2) is 0 Å². The highest BCUT2D eigenvalue weighted by Crippen LogP contribution is 2.30. The molecule has 0 unspecified atom stereocenters. The Morgan fingerprint density at radius 1 is 0.593 bits per heavy atom. The Kier molecular flexibility index (Phi) is 9.13. The minimum atomic E-state index is 0.348.